The molecule has 1 amide bonds. The topological polar surface area (TPSA) is 48.5 Å². The van der Waals surface area contributed by atoms with Crippen molar-refractivity contribution in [2.45, 2.75) is 19.5 Å². The summed E-state index contributed by atoms with van der Waals surface area (Å²) in [6, 6.07) is 10.1. The number of amides is 1. The number of nitrogens with zero attached hydrogens (tertiary/aromatic N) is 3. The van der Waals surface area contributed by atoms with Gasteiger partial charge < -0.3 is 10.2 Å². The fourth-order valence-electron chi connectivity index (χ4n) is 3.14. The van der Waals surface area contributed by atoms with Gasteiger partial charge in [-0.1, -0.05) is 17.7 Å². The molecule has 8 heteroatoms. The van der Waals surface area contributed by atoms with E-state index in [4.69, 9.17) is 0 Å². The van der Waals surface area contributed by atoms with Crippen molar-refractivity contribution in [1.82, 2.24) is 9.88 Å². The zero-order valence-electron chi connectivity index (χ0n) is 15.7. The van der Waals surface area contributed by atoms with E-state index in [0.717, 1.165) is 36.5 Å². The smallest absolute Gasteiger partial charge is 0.355 e. The first kappa shape index (κ1) is 20.1. The van der Waals surface area contributed by atoms with Gasteiger partial charge in [-0.05, 0) is 37.6 Å². The van der Waals surface area contributed by atoms with Crippen LogP contribution in [0.4, 0.5) is 24.7 Å². The minimum absolute atomic E-state index is 0.0787. The van der Waals surface area contributed by atoms with Crippen LogP contribution in [0.2, 0.25) is 0 Å². The zero-order valence-corrected chi connectivity index (χ0v) is 15.7. The second kappa shape index (κ2) is 8.60. The molecule has 0 saturated carbocycles. The number of carbonyl (C=O) groups is 1. The molecule has 1 aliphatic heterocycles. The van der Waals surface area contributed by atoms with E-state index in [2.05, 4.69) is 10.3 Å². The maximum atomic E-state index is 12.7. The second-order valence-electron chi connectivity index (χ2n) is 6.93. The standard InChI is InChI=1S/C20H23F3N4O/c1-15-3-6-17(7-4-15)25-19(28)14-26-9-2-10-27(12-11-26)18-8-5-16(13-24-18)20(21,22)23/h3-8,13H,2,9-12,14H2,1H3,(H,25,28). The third kappa shape index (κ3) is 5.45. The Hall–Kier alpha value is -2.61. The number of hydrogen-bond donors (Lipinski definition) is 1. The van der Waals surface area contributed by atoms with Crippen LogP contribution >= 0.6 is 0 Å². The molecule has 0 aliphatic carbocycles. The van der Waals surface area contributed by atoms with Crippen LogP contribution in [-0.2, 0) is 11.0 Å². The van der Waals surface area contributed by atoms with Gasteiger partial charge in [0.05, 0.1) is 12.1 Å². The predicted octanol–water partition coefficient (Wildman–Crippen LogP) is 3.56. The molecule has 0 spiro atoms. The van der Waals surface area contributed by atoms with Gasteiger partial charge in [0.15, 0.2) is 0 Å². The van der Waals surface area contributed by atoms with Crippen LogP contribution in [-0.4, -0.2) is 48.5 Å². The molecule has 150 valence electrons. The summed E-state index contributed by atoms with van der Waals surface area (Å²) >= 11 is 0. The van der Waals surface area contributed by atoms with Gasteiger partial charge in [-0.3, -0.25) is 9.69 Å². The van der Waals surface area contributed by atoms with E-state index in [1.807, 2.05) is 41.0 Å². The Morgan fingerprint density at radius 3 is 2.46 bits per heavy atom. The quantitative estimate of drug-likeness (QED) is 0.865. The SMILES string of the molecule is Cc1ccc(NC(=O)CN2CCCN(c3ccc(C(F)(F)F)cn3)CC2)cc1. The highest BCUT2D eigenvalue weighted by molar-refractivity contribution is 5.92. The van der Waals surface area contributed by atoms with Crippen LogP contribution < -0.4 is 10.2 Å². The molecule has 0 bridgehead atoms. The number of halogens is 3. The summed E-state index contributed by atoms with van der Waals surface area (Å²) in [6.07, 6.45) is -2.71. The molecule has 3 rings (SSSR count). The molecule has 0 unspecified atom stereocenters. The molecule has 5 nitrogen and oxygen atoms in total. The van der Waals surface area contributed by atoms with E-state index in [1.165, 1.54) is 6.07 Å². The van der Waals surface area contributed by atoms with Crippen LogP contribution in [0.3, 0.4) is 0 Å². The minimum Gasteiger partial charge on any atom is -0.355 e. The van der Waals surface area contributed by atoms with Crippen molar-refractivity contribution in [2.24, 2.45) is 0 Å². The fraction of sp³-hybridized carbons (Fsp3) is 0.400. The summed E-state index contributed by atoms with van der Waals surface area (Å²) in [7, 11) is 0. The number of hydrogen-bond acceptors (Lipinski definition) is 4. The molecular weight excluding hydrogens is 369 g/mol. The third-order valence-electron chi connectivity index (χ3n) is 4.69. The van der Waals surface area contributed by atoms with Crippen molar-refractivity contribution in [2.75, 3.05) is 42.9 Å². The lowest BCUT2D eigenvalue weighted by molar-refractivity contribution is -0.137. The van der Waals surface area contributed by atoms with E-state index in [-0.39, 0.29) is 12.5 Å². The molecule has 2 heterocycles. The monoisotopic (exact) mass is 392 g/mol. The zero-order chi connectivity index (χ0) is 20.1. The fourth-order valence-corrected chi connectivity index (χ4v) is 3.14. The maximum Gasteiger partial charge on any atom is 0.417 e. The molecule has 1 saturated heterocycles. The molecule has 1 aromatic carbocycles. The van der Waals surface area contributed by atoms with Crippen molar-refractivity contribution >= 4 is 17.4 Å². The van der Waals surface area contributed by atoms with Crippen molar-refractivity contribution in [3.8, 4) is 0 Å². The van der Waals surface area contributed by atoms with Crippen molar-refractivity contribution < 1.29 is 18.0 Å². The summed E-state index contributed by atoms with van der Waals surface area (Å²) in [6.45, 7) is 4.95. The summed E-state index contributed by atoms with van der Waals surface area (Å²) in [5.74, 6) is 0.448. The van der Waals surface area contributed by atoms with Gasteiger partial charge in [-0.25, -0.2) is 4.98 Å². The molecule has 28 heavy (non-hydrogen) atoms. The van der Waals surface area contributed by atoms with Crippen molar-refractivity contribution in [3.05, 3.63) is 53.7 Å². The Kier molecular flexibility index (Phi) is 6.18. The molecule has 0 radical (unpaired) electrons. The van der Waals surface area contributed by atoms with Crippen LogP contribution in [0.1, 0.15) is 17.5 Å². The molecular formula is C20H23F3N4O. The Morgan fingerprint density at radius 2 is 1.82 bits per heavy atom. The highest BCUT2D eigenvalue weighted by atomic mass is 19.4. The molecule has 2 aromatic rings. The number of nitrogens with one attached hydrogen (secondary N) is 1. The van der Waals surface area contributed by atoms with Gasteiger partial charge in [0.25, 0.3) is 0 Å². The van der Waals surface area contributed by atoms with E-state index in [9.17, 15) is 18.0 Å². The van der Waals surface area contributed by atoms with Crippen molar-refractivity contribution in [1.29, 1.82) is 0 Å². The summed E-state index contributed by atoms with van der Waals surface area (Å²) in [4.78, 5) is 20.2. The largest absolute Gasteiger partial charge is 0.417 e. The Bertz CT molecular complexity index is 791. The van der Waals surface area contributed by atoms with Crippen LogP contribution in [0, 0.1) is 6.92 Å². The first-order valence-corrected chi connectivity index (χ1v) is 9.18. The summed E-state index contributed by atoms with van der Waals surface area (Å²) in [5, 5.41) is 2.89. The lowest BCUT2D eigenvalue weighted by Gasteiger charge is -2.22. The van der Waals surface area contributed by atoms with Gasteiger partial charge in [0.1, 0.15) is 5.82 Å². The first-order chi connectivity index (χ1) is 13.3. The van der Waals surface area contributed by atoms with Crippen LogP contribution in [0.15, 0.2) is 42.6 Å². The Morgan fingerprint density at radius 1 is 1.07 bits per heavy atom. The highest BCUT2D eigenvalue weighted by Gasteiger charge is 2.31. The van der Waals surface area contributed by atoms with E-state index in [1.54, 1.807) is 0 Å². The highest BCUT2D eigenvalue weighted by Crippen LogP contribution is 2.29. The number of alkyl halides is 3. The number of rotatable bonds is 4. The van der Waals surface area contributed by atoms with Gasteiger partial charge in [-0.15, -0.1) is 0 Å². The predicted molar refractivity (Wildman–Crippen MR) is 102 cm³/mol. The summed E-state index contributed by atoms with van der Waals surface area (Å²) < 4.78 is 38.0. The Balaban J connectivity index is 1.53. The number of pyridine rings is 1. The molecule has 1 N–H and O–H groups in total. The number of aromatic nitrogens is 1. The number of anilines is 2. The number of benzene rings is 1. The van der Waals surface area contributed by atoms with Crippen LogP contribution in [0.25, 0.3) is 0 Å². The normalized spacial score (nSPS) is 15.9. The van der Waals surface area contributed by atoms with E-state index >= 15 is 0 Å². The van der Waals surface area contributed by atoms with E-state index in [0.29, 0.717) is 25.5 Å². The molecule has 1 fully saturated rings. The average Bonchev–Trinajstić information content (AvgIpc) is 2.88. The molecule has 1 aliphatic rings. The second-order valence-corrected chi connectivity index (χ2v) is 6.93. The van der Waals surface area contributed by atoms with Crippen LogP contribution in [0.5, 0.6) is 0 Å². The van der Waals surface area contributed by atoms with Crippen molar-refractivity contribution in [3.63, 3.8) is 0 Å². The first-order valence-electron chi connectivity index (χ1n) is 9.18. The lowest BCUT2D eigenvalue weighted by Crippen LogP contribution is -2.36. The van der Waals surface area contributed by atoms with Gasteiger partial charge in [-0.2, -0.15) is 13.2 Å². The lowest BCUT2D eigenvalue weighted by atomic mass is 10.2. The molecule has 0 atom stereocenters. The minimum atomic E-state index is -4.38. The van der Waals surface area contributed by atoms with Gasteiger partial charge >= 0.3 is 6.18 Å². The summed E-state index contributed by atoms with van der Waals surface area (Å²) in [5.41, 5.74) is 1.14. The average molecular weight is 392 g/mol. The maximum absolute atomic E-state index is 12.7. The van der Waals surface area contributed by atoms with Gasteiger partial charge in [0.2, 0.25) is 5.91 Å². The Labute approximate surface area is 162 Å². The molecule has 1 aromatic heterocycles. The van der Waals surface area contributed by atoms with E-state index < -0.39 is 11.7 Å². The van der Waals surface area contributed by atoms with Gasteiger partial charge in [0, 0.05) is 38.1 Å². The number of carbonyl (C=O) groups excluding carboxylic acids is 1. The third-order valence-corrected chi connectivity index (χ3v) is 4.69. The number of aryl methyl sites for hydroxylation is 1.